The summed E-state index contributed by atoms with van der Waals surface area (Å²) in [5.41, 5.74) is 2.67. The largest absolute Gasteiger partial charge is 0.350 e. The van der Waals surface area contributed by atoms with Gasteiger partial charge in [-0.05, 0) is 0 Å². The third kappa shape index (κ3) is 2.33. The van der Waals surface area contributed by atoms with Crippen LogP contribution in [0.5, 0.6) is 0 Å². The van der Waals surface area contributed by atoms with E-state index in [2.05, 4.69) is 20.4 Å². The van der Waals surface area contributed by atoms with Gasteiger partial charge in [0.15, 0.2) is 4.96 Å². The highest BCUT2D eigenvalue weighted by atomic mass is 32.1. The summed E-state index contributed by atoms with van der Waals surface area (Å²) >= 11 is 1.56. The van der Waals surface area contributed by atoms with Crippen molar-refractivity contribution in [1.29, 1.82) is 0 Å². The molecule has 124 valence electrons. The molecule has 0 spiro atoms. The molecule has 0 fully saturated rings. The Morgan fingerprint density at radius 1 is 1.24 bits per heavy atom. The molecule has 5 rings (SSSR count). The number of aromatic nitrogens is 4. The lowest BCUT2D eigenvalue weighted by Gasteiger charge is -2.09. The van der Waals surface area contributed by atoms with E-state index in [0.29, 0.717) is 18.3 Å². The van der Waals surface area contributed by atoms with Crippen LogP contribution < -0.4 is 5.32 Å². The predicted octanol–water partition coefficient (Wildman–Crippen LogP) is 2.60. The molecule has 0 saturated heterocycles. The van der Waals surface area contributed by atoms with Gasteiger partial charge in [0.25, 0.3) is 0 Å². The molecule has 25 heavy (non-hydrogen) atoms. The first kappa shape index (κ1) is 14.4. The Morgan fingerprint density at radius 3 is 3.00 bits per heavy atom. The number of fused-ring (bicyclic) bond motifs is 3. The summed E-state index contributed by atoms with van der Waals surface area (Å²) in [6, 6.07) is 9.64. The standard InChI is InChI=1S/C17H13N5O2S/c23-13-8-11(14-12(9-18-13)19-17-22(14)6-7-25-17)16-20-15(21-24-16)10-4-2-1-3-5-10/h1-7,11H,8-9H2,(H,18,23)/t11-/m1/s1. The SMILES string of the molecule is O=C1C[C@@H](c2nc(-c3ccccc3)no2)c2c(nc3sccn23)CN1. The number of carbonyl (C=O) groups is 1. The fraction of sp³-hybridized carbons (Fsp3) is 0.176. The first-order valence-corrected chi connectivity index (χ1v) is 8.77. The Hall–Kier alpha value is -3.00. The molecule has 1 aliphatic rings. The minimum atomic E-state index is -0.313. The minimum absolute atomic E-state index is 0.0496. The van der Waals surface area contributed by atoms with Crippen LogP contribution >= 0.6 is 11.3 Å². The fourth-order valence-corrected chi connectivity index (χ4v) is 3.91. The van der Waals surface area contributed by atoms with Crippen LogP contribution in [-0.4, -0.2) is 25.4 Å². The third-order valence-corrected chi connectivity index (χ3v) is 5.08. The zero-order valence-electron chi connectivity index (χ0n) is 13.0. The molecule has 4 aromatic rings. The van der Waals surface area contributed by atoms with Gasteiger partial charge in [-0.1, -0.05) is 35.5 Å². The van der Waals surface area contributed by atoms with E-state index in [1.807, 2.05) is 46.3 Å². The van der Waals surface area contributed by atoms with E-state index in [1.54, 1.807) is 11.3 Å². The van der Waals surface area contributed by atoms with Gasteiger partial charge in [-0.15, -0.1) is 11.3 Å². The first-order chi connectivity index (χ1) is 12.3. The summed E-state index contributed by atoms with van der Waals surface area (Å²) < 4.78 is 7.55. The minimum Gasteiger partial charge on any atom is -0.350 e. The number of carbonyl (C=O) groups excluding carboxylic acids is 1. The second-order valence-corrected chi connectivity index (χ2v) is 6.73. The molecule has 4 heterocycles. The summed E-state index contributed by atoms with van der Waals surface area (Å²) in [5, 5.41) is 8.96. The van der Waals surface area contributed by atoms with Crippen LogP contribution in [0.4, 0.5) is 0 Å². The van der Waals surface area contributed by atoms with Crippen molar-refractivity contribution in [3.8, 4) is 11.4 Å². The number of nitrogens with one attached hydrogen (secondary N) is 1. The average Bonchev–Trinajstić information content (AvgIpc) is 3.33. The molecule has 0 radical (unpaired) electrons. The van der Waals surface area contributed by atoms with Crippen LogP contribution in [0.15, 0.2) is 46.4 Å². The number of rotatable bonds is 2. The molecule has 8 heteroatoms. The molecule has 3 aromatic heterocycles. The van der Waals surface area contributed by atoms with Gasteiger partial charge in [0.05, 0.1) is 23.9 Å². The number of nitrogens with zero attached hydrogens (tertiary/aromatic N) is 4. The van der Waals surface area contributed by atoms with Gasteiger partial charge in [-0.2, -0.15) is 4.98 Å². The summed E-state index contributed by atoms with van der Waals surface area (Å²) in [6.45, 7) is 0.415. The van der Waals surface area contributed by atoms with Crippen molar-refractivity contribution in [1.82, 2.24) is 24.8 Å². The highest BCUT2D eigenvalue weighted by Crippen LogP contribution is 2.34. The van der Waals surface area contributed by atoms with Gasteiger partial charge in [0.2, 0.25) is 17.6 Å². The molecule has 1 atom stereocenters. The van der Waals surface area contributed by atoms with E-state index in [9.17, 15) is 4.79 Å². The zero-order chi connectivity index (χ0) is 16.8. The summed E-state index contributed by atoms with van der Waals surface area (Å²) in [6.07, 6.45) is 2.22. The van der Waals surface area contributed by atoms with Gasteiger partial charge >= 0.3 is 0 Å². The molecule has 1 aromatic carbocycles. The van der Waals surface area contributed by atoms with Crippen molar-refractivity contribution in [2.45, 2.75) is 18.9 Å². The predicted molar refractivity (Wildman–Crippen MR) is 91.1 cm³/mol. The van der Waals surface area contributed by atoms with Crippen LogP contribution in [0.25, 0.3) is 16.3 Å². The van der Waals surface area contributed by atoms with E-state index in [0.717, 1.165) is 21.9 Å². The second-order valence-electron chi connectivity index (χ2n) is 5.86. The van der Waals surface area contributed by atoms with Gasteiger partial charge in [0, 0.05) is 23.6 Å². The fourth-order valence-electron chi connectivity index (χ4n) is 3.17. The molecule has 0 unspecified atom stereocenters. The average molecular weight is 351 g/mol. The van der Waals surface area contributed by atoms with Crippen molar-refractivity contribution in [2.24, 2.45) is 0 Å². The van der Waals surface area contributed by atoms with E-state index < -0.39 is 0 Å². The lowest BCUT2D eigenvalue weighted by atomic mass is 10.00. The number of amides is 1. The number of imidazole rings is 1. The molecule has 7 nitrogen and oxygen atoms in total. The van der Waals surface area contributed by atoms with Crippen LogP contribution in [0.3, 0.4) is 0 Å². The third-order valence-electron chi connectivity index (χ3n) is 4.32. The van der Waals surface area contributed by atoms with Gasteiger partial charge in [-0.25, -0.2) is 4.98 Å². The number of benzene rings is 1. The van der Waals surface area contributed by atoms with E-state index in [-0.39, 0.29) is 18.2 Å². The smallest absolute Gasteiger partial charge is 0.236 e. The van der Waals surface area contributed by atoms with Crippen molar-refractivity contribution in [2.75, 3.05) is 0 Å². The molecular formula is C17H13N5O2S. The molecule has 1 aliphatic heterocycles. The Morgan fingerprint density at radius 2 is 2.12 bits per heavy atom. The van der Waals surface area contributed by atoms with Gasteiger partial charge in [-0.3, -0.25) is 9.20 Å². The van der Waals surface area contributed by atoms with Crippen LogP contribution in [-0.2, 0) is 11.3 Å². The maximum Gasteiger partial charge on any atom is 0.236 e. The summed E-state index contributed by atoms with van der Waals surface area (Å²) in [4.78, 5) is 22.2. The van der Waals surface area contributed by atoms with Gasteiger partial charge in [0.1, 0.15) is 0 Å². The molecule has 0 bridgehead atoms. The Bertz CT molecular complexity index is 1070. The highest BCUT2D eigenvalue weighted by molar-refractivity contribution is 7.15. The normalized spacial score (nSPS) is 17.3. The summed E-state index contributed by atoms with van der Waals surface area (Å²) in [5.74, 6) is 0.594. The number of hydrogen-bond donors (Lipinski definition) is 1. The Kier molecular flexibility index (Phi) is 3.17. The van der Waals surface area contributed by atoms with Crippen molar-refractivity contribution < 1.29 is 9.32 Å². The molecule has 0 aliphatic carbocycles. The summed E-state index contributed by atoms with van der Waals surface area (Å²) in [7, 11) is 0. The highest BCUT2D eigenvalue weighted by Gasteiger charge is 2.33. The first-order valence-electron chi connectivity index (χ1n) is 7.89. The van der Waals surface area contributed by atoms with Crippen LogP contribution in [0.1, 0.15) is 29.6 Å². The molecule has 0 saturated carbocycles. The van der Waals surface area contributed by atoms with Crippen molar-refractivity contribution >= 4 is 22.2 Å². The van der Waals surface area contributed by atoms with E-state index in [4.69, 9.17) is 4.52 Å². The van der Waals surface area contributed by atoms with Crippen LogP contribution in [0, 0.1) is 0 Å². The zero-order valence-corrected chi connectivity index (χ0v) is 13.9. The Balaban J connectivity index is 1.63. The van der Waals surface area contributed by atoms with Crippen molar-refractivity contribution in [3.63, 3.8) is 0 Å². The van der Waals surface area contributed by atoms with Crippen molar-refractivity contribution in [3.05, 3.63) is 59.2 Å². The molecule has 1 amide bonds. The quantitative estimate of drug-likeness (QED) is 0.600. The Labute approximate surface area is 146 Å². The van der Waals surface area contributed by atoms with E-state index in [1.165, 1.54) is 0 Å². The molecular weight excluding hydrogens is 338 g/mol. The second kappa shape index (κ2) is 5.52. The van der Waals surface area contributed by atoms with Gasteiger partial charge < -0.3 is 9.84 Å². The lowest BCUT2D eigenvalue weighted by Crippen LogP contribution is -2.21. The van der Waals surface area contributed by atoms with E-state index >= 15 is 0 Å². The number of thiazole rings is 1. The maximum absolute atomic E-state index is 12.1. The maximum atomic E-state index is 12.1. The monoisotopic (exact) mass is 351 g/mol. The number of hydrogen-bond acceptors (Lipinski definition) is 6. The van der Waals surface area contributed by atoms with Crippen LogP contribution in [0.2, 0.25) is 0 Å². The topological polar surface area (TPSA) is 85.3 Å². The molecule has 1 N–H and O–H groups in total. The lowest BCUT2D eigenvalue weighted by molar-refractivity contribution is -0.121.